The molecule has 4 N–H and O–H groups in total. The second-order valence-corrected chi connectivity index (χ2v) is 11.6. The molecule has 11 heteroatoms. The molecular formula is C28H33N7O2S2. The Labute approximate surface area is 236 Å². The fraction of sp³-hybridized carbons (Fsp3) is 0.357. The molecule has 39 heavy (non-hydrogen) atoms. The third-order valence-electron chi connectivity index (χ3n) is 6.44. The van der Waals surface area contributed by atoms with Gasteiger partial charge in [-0.15, -0.1) is 20.4 Å². The summed E-state index contributed by atoms with van der Waals surface area (Å²) in [6, 6.07) is 19.2. The molecule has 4 rings (SSSR count). The zero-order valence-corrected chi connectivity index (χ0v) is 23.7. The van der Waals surface area contributed by atoms with E-state index in [4.69, 9.17) is 5.73 Å². The smallest absolute Gasteiger partial charge is 0.230 e. The summed E-state index contributed by atoms with van der Waals surface area (Å²) in [6.07, 6.45) is 3.71. The number of nitrogens with two attached hydrogens (primary N) is 1. The van der Waals surface area contributed by atoms with Crippen molar-refractivity contribution >= 4 is 44.8 Å². The van der Waals surface area contributed by atoms with Gasteiger partial charge in [0.25, 0.3) is 0 Å². The van der Waals surface area contributed by atoms with Crippen molar-refractivity contribution in [2.75, 3.05) is 10.6 Å². The molecule has 204 valence electrons. The van der Waals surface area contributed by atoms with Crippen LogP contribution in [0.4, 0.5) is 10.3 Å². The van der Waals surface area contributed by atoms with Gasteiger partial charge in [-0.2, -0.15) is 0 Å². The molecule has 0 fully saturated rings. The normalized spacial score (nSPS) is 13.4. The molecule has 0 saturated heterocycles. The number of nitrogens with zero attached hydrogens (tertiary/aromatic N) is 4. The molecule has 4 aromatic rings. The van der Waals surface area contributed by atoms with Crippen molar-refractivity contribution in [3.8, 4) is 0 Å². The molecule has 9 nitrogen and oxygen atoms in total. The van der Waals surface area contributed by atoms with Gasteiger partial charge in [0.1, 0.15) is 10.0 Å². The molecule has 2 heterocycles. The Balaban J connectivity index is 1.16. The molecule has 0 aliphatic rings. The van der Waals surface area contributed by atoms with E-state index in [1.165, 1.54) is 22.7 Å². The van der Waals surface area contributed by atoms with Crippen molar-refractivity contribution in [2.45, 2.75) is 57.9 Å². The summed E-state index contributed by atoms with van der Waals surface area (Å²) in [4.78, 5) is 25.1. The van der Waals surface area contributed by atoms with Crippen molar-refractivity contribution in [3.05, 3.63) is 81.8 Å². The molecule has 0 radical (unpaired) electrons. The minimum Gasteiger partial charge on any atom is -0.323 e. The first-order valence-corrected chi connectivity index (χ1v) is 14.6. The monoisotopic (exact) mass is 563 g/mol. The molecular weight excluding hydrogens is 530 g/mol. The highest BCUT2D eigenvalue weighted by Crippen LogP contribution is 2.24. The molecule has 0 saturated carbocycles. The summed E-state index contributed by atoms with van der Waals surface area (Å²) >= 11 is 2.79. The molecule has 2 amide bonds. The summed E-state index contributed by atoms with van der Waals surface area (Å²) in [5, 5.41) is 25.1. The number of carbonyl (C=O) groups is 2. The Morgan fingerprint density at radius 2 is 1.28 bits per heavy atom. The Hall–Kier alpha value is -3.54. The predicted molar refractivity (Wildman–Crippen MR) is 156 cm³/mol. The quantitative estimate of drug-likeness (QED) is 0.186. The second kappa shape index (κ2) is 14.0. The summed E-state index contributed by atoms with van der Waals surface area (Å²) in [6.45, 7) is 3.85. The maximum absolute atomic E-state index is 12.6. The van der Waals surface area contributed by atoms with Crippen molar-refractivity contribution < 1.29 is 9.59 Å². The van der Waals surface area contributed by atoms with Crippen LogP contribution in [0.25, 0.3) is 0 Å². The third-order valence-corrected chi connectivity index (χ3v) is 8.24. The molecule has 0 spiro atoms. The number of aromatic nitrogens is 4. The summed E-state index contributed by atoms with van der Waals surface area (Å²) in [5.41, 5.74) is 8.32. The minimum absolute atomic E-state index is 0.0651. The lowest BCUT2D eigenvalue weighted by molar-refractivity contribution is -0.120. The van der Waals surface area contributed by atoms with Crippen LogP contribution in [0.15, 0.2) is 60.7 Å². The van der Waals surface area contributed by atoms with Gasteiger partial charge >= 0.3 is 0 Å². The van der Waals surface area contributed by atoms with Gasteiger partial charge in [0, 0.05) is 25.3 Å². The van der Waals surface area contributed by atoms with Gasteiger partial charge < -0.3 is 16.4 Å². The average molecular weight is 564 g/mol. The van der Waals surface area contributed by atoms with Crippen LogP contribution in [-0.2, 0) is 22.4 Å². The lowest BCUT2D eigenvalue weighted by atomic mass is 9.95. The molecule has 0 aliphatic heterocycles. The fourth-order valence-corrected chi connectivity index (χ4v) is 5.64. The van der Waals surface area contributed by atoms with Crippen molar-refractivity contribution in [3.63, 3.8) is 0 Å². The standard InChI is InChI=1S/C28H33N7O2S2/c1-18(20-11-5-3-6-12-20)17-22(36)30-27-34-32-23(38-27)15-9-10-16-24-33-35-28(39-24)31-26(37)19(2)25(29)21-13-7-4-8-14-21/h3-8,11-14,18-19,25H,9-10,15-17,29H2,1-2H3,(H,30,34,36)(H,31,35,37). The highest BCUT2D eigenvalue weighted by atomic mass is 32.1. The summed E-state index contributed by atoms with van der Waals surface area (Å²) in [7, 11) is 0. The first kappa shape index (κ1) is 28.5. The lowest BCUT2D eigenvalue weighted by Crippen LogP contribution is -2.30. The Kier molecular flexibility index (Phi) is 10.2. The lowest BCUT2D eigenvalue weighted by Gasteiger charge is -2.18. The number of hydrogen-bond acceptors (Lipinski definition) is 9. The zero-order chi connectivity index (χ0) is 27.6. The number of amides is 2. The maximum Gasteiger partial charge on any atom is 0.230 e. The number of anilines is 2. The van der Waals surface area contributed by atoms with Crippen LogP contribution >= 0.6 is 22.7 Å². The number of unbranched alkanes of at least 4 members (excludes halogenated alkanes) is 1. The predicted octanol–water partition coefficient (Wildman–Crippen LogP) is 5.36. The highest BCUT2D eigenvalue weighted by molar-refractivity contribution is 7.15. The first-order chi connectivity index (χ1) is 18.9. The Morgan fingerprint density at radius 3 is 1.85 bits per heavy atom. The van der Waals surface area contributed by atoms with Gasteiger partial charge in [0.15, 0.2) is 0 Å². The zero-order valence-electron chi connectivity index (χ0n) is 22.0. The van der Waals surface area contributed by atoms with Crippen LogP contribution in [0.3, 0.4) is 0 Å². The Morgan fingerprint density at radius 1 is 0.769 bits per heavy atom. The van der Waals surface area contributed by atoms with Gasteiger partial charge in [0.05, 0.1) is 5.92 Å². The van der Waals surface area contributed by atoms with Crippen LogP contribution in [-0.4, -0.2) is 32.2 Å². The van der Waals surface area contributed by atoms with Crippen molar-refractivity contribution in [2.24, 2.45) is 11.7 Å². The van der Waals surface area contributed by atoms with Crippen LogP contribution in [0.1, 0.15) is 66.2 Å². The Bertz CT molecular complexity index is 1340. The fourth-order valence-electron chi connectivity index (χ4n) is 4.06. The number of benzene rings is 2. The third kappa shape index (κ3) is 8.47. The largest absolute Gasteiger partial charge is 0.323 e. The molecule has 0 bridgehead atoms. The van der Waals surface area contributed by atoms with Gasteiger partial charge in [-0.3, -0.25) is 9.59 Å². The van der Waals surface area contributed by atoms with Crippen LogP contribution in [0.2, 0.25) is 0 Å². The van der Waals surface area contributed by atoms with Crippen molar-refractivity contribution in [1.82, 2.24) is 20.4 Å². The number of aryl methyl sites for hydroxylation is 2. The number of rotatable bonds is 13. The summed E-state index contributed by atoms with van der Waals surface area (Å²) < 4.78 is 0. The van der Waals surface area contributed by atoms with E-state index in [-0.39, 0.29) is 17.7 Å². The summed E-state index contributed by atoms with van der Waals surface area (Å²) in [5.74, 6) is -0.524. The van der Waals surface area contributed by atoms with Gasteiger partial charge in [-0.05, 0) is 29.9 Å². The van der Waals surface area contributed by atoms with E-state index in [1.807, 2.05) is 74.5 Å². The van der Waals surface area contributed by atoms with Gasteiger partial charge in [-0.25, -0.2) is 0 Å². The topological polar surface area (TPSA) is 136 Å². The molecule has 3 atom stereocenters. The minimum atomic E-state index is -0.409. The first-order valence-electron chi connectivity index (χ1n) is 13.0. The highest BCUT2D eigenvalue weighted by Gasteiger charge is 2.23. The van der Waals surface area contributed by atoms with E-state index in [0.717, 1.165) is 46.8 Å². The van der Waals surface area contributed by atoms with Crippen molar-refractivity contribution in [1.29, 1.82) is 0 Å². The van der Waals surface area contributed by atoms with E-state index in [9.17, 15) is 9.59 Å². The van der Waals surface area contributed by atoms with Crippen LogP contribution in [0, 0.1) is 5.92 Å². The van der Waals surface area contributed by atoms with Crippen LogP contribution in [0.5, 0.6) is 0 Å². The SMILES string of the molecule is CC(CC(=O)Nc1nnc(CCCCc2nnc(NC(=O)C(C)C(N)c3ccccc3)s2)s1)c1ccccc1. The van der Waals surface area contributed by atoms with E-state index >= 15 is 0 Å². The number of nitrogens with one attached hydrogen (secondary N) is 2. The van der Waals surface area contributed by atoms with E-state index < -0.39 is 12.0 Å². The van der Waals surface area contributed by atoms with Crippen LogP contribution < -0.4 is 16.4 Å². The van der Waals surface area contributed by atoms with Gasteiger partial charge in [-0.1, -0.05) is 97.2 Å². The molecule has 0 aliphatic carbocycles. The maximum atomic E-state index is 12.6. The van der Waals surface area contributed by atoms with E-state index in [0.29, 0.717) is 16.7 Å². The van der Waals surface area contributed by atoms with E-state index in [2.05, 4.69) is 31.0 Å². The molecule has 2 aromatic carbocycles. The number of carbonyl (C=O) groups excluding carboxylic acids is 2. The number of hydrogen-bond donors (Lipinski definition) is 3. The van der Waals surface area contributed by atoms with Gasteiger partial charge in [0.2, 0.25) is 22.1 Å². The average Bonchev–Trinajstić information content (AvgIpc) is 3.60. The molecule has 2 aromatic heterocycles. The second-order valence-electron chi connectivity index (χ2n) is 9.49. The molecule has 3 unspecified atom stereocenters. The van der Waals surface area contributed by atoms with E-state index in [1.54, 1.807) is 0 Å².